The Kier molecular flexibility index (Phi) is 9.01. The molecule has 0 spiro atoms. The first-order chi connectivity index (χ1) is 16.3. The second-order valence-corrected chi connectivity index (χ2v) is 9.16. The number of rotatable bonds is 11. The Hall–Kier alpha value is -2.97. The molecule has 1 amide bonds. The van der Waals surface area contributed by atoms with Gasteiger partial charge in [-0.1, -0.05) is 44.2 Å². The van der Waals surface area contributed by atoms with Crippen molar-refractivity contribution in [1.82, 2.24) is 9.80 Å². The molecule has 184 valence electrons. The van der Waals surface area contributed by atoms with E-state index in [9.17, 15) is 14.9 Å². The highest BCUT2D eigenvalue weighted by atomic mass is 16.6. The molecular formula is C26H35N3O5. The van der Waals surface area contributed by atoms with Gasteiger partial charge in [-0.25, -0.2) is 0 Å². The Morgan fingerprint density at radius 3 is 2.47 bits per heavy atom. The van der Waals surface area contributed by atoms with Crippen molar-refractivity contribution in [1.29, 1.82) is 0 Å². The van der Waals surface area contributed by atoms with Crippen molar-refractivity contribution in [2.24, 2.45) is 11.8 Å². The minimum Gasteiger partial charge on any atom is -0.496 e. The van der Waals surface area contributed by atoms with Crippen molar-refractivity contribution in [2.45, 2.75) is 26.3 Å². The predicted molar refractivity (Wildman–Crippen MR) is 131 cm³/mol. The third-order valence-electron chi connectivity index (χ3n) is 6.43. The van der Waals surface area contributed by atoms with Gasteiger partial charge >= 0.3 is 0 Å². The number of amides is 1. The summed E-state index contributed by atoms with van der Waals surface area (Å²) >= 11 is 0. The van der Waals surface area contributed by atoms with Gasteiger partial charge in [0.15, 0.2) is 0 Å². The fourth-order valence-electron chi connectivity index (χ4n) is 4.72. The molecule has 8 heteroatoms. The monoisotopic (exact) mass is 469 g/mol. The Bertz CT molecular complexity index is 963. The third kappa shape index (κ3) is 6.33. The molecule has 1 heterocycles. The van der Waals surface area contributed by atoms with Crippen LogP contribution in [0, 0.1) is 22.0 Å². The van der Waals surface area contributed by atoms with Crippen molar-refractivity contribution >= 4 is 11.6 Å². The number of carbonyl (C=O) groups is 1. The molecule has 1 aliphatic rings. The molecule has 0 bridgehead atoms. The number of para-hydroxylation sites is 1. The van der Waals surface area contributed by atoms with Crippen molar-refractivity contribution in [3.05, 3.63) is 69.8 Å². The standard InChI is InChI=1S/C26H35N3O5/c1-19(2)26(30)28(13-14-33-3)17-21-16-27(15-20-9-11-22(12-10-20)29(31)32)18-24(21)23-7-5-6-8-25(23)34-4/h5-12,19,21,24H,13-18H2,1-4H3. The number of nitrogens with zero attached hydrogens (tertiary/aromatic N) is 3. The van der Waals surface area contributed by atoms with Crippen LogP contribution in [0.15, 0.2) is 48.5 Å². The highest BCUT2D eigenvalue weighted by molar-refractivity contribution is 5.78. The van der Waals surface area contributed by atoms with E-state index in [1.165, 1.54) is 0 Å². The van der Waals surface area contributed by atoms with Crippen molar-refractivity contribution in [3.63, 3.8) is 0 Å². The van der Waals surface area contributed by atoms with E-state index >= 15 is 0 Å². The quantitative estimate of drug-likeness (QED) is 0.366. The lowest BCUT2D eigenvalue weighted by molar-refractivity contribution is -0.384. The summed E-state index contributed by atoms with van der Waals surface area (Å²) in [5.74, 6) is 1.31. The summed E-state index contributed by atoms with van der Waals surface area (Å²) in [4.78, 5) is 27.8. The first kappa shape index (κ1) is 25.6. The summed E-state index contributed by atoms with van der Waals surface area (Å²) in [6.07, 6.45) is 0. The first-order valence-corrected chi connectivity index (χ1v) is 11.7. The molecular weight excluding hydrogens is 434 g/mol. The topological polar surface area (TPSA) is 85.2 Å². The van der Waals surface area contributed by atoms with E-state index < -0.39 is 0 Å². The van der Waals surface area contributed by atoms with E-state index in [1.54, 1.807) is 26.4 Å². The lowest BCUT2D eigenvalue weighted by Gasteiger charge is -2.30. The molecule has 0 radical (unpaired) electrons. The average Bonchev–Trinajstić information content (AvgIpc) is 3.23. The first-order valence-electron chi connectivity index (χ1n) is 11.7. The summed E-state index contributed by atoms with van der Waals surface area (Å²) in [6.45, 7) is 7.87. The van der Waals surface area contributed by atoms with Crippen LogP contribution in [-0.2, 0) is 16.1 Å². The molecule has 2 unspecified atom stereocenters. The van der Waals surface area contributed by atoms with Crippen LogP contribution >= 0.6 is 0 Å². The van der Waals surface area contributed by atoms with Gasteiger partial charge in [-0.3, -0.25) is 19.8 Å². The largest absolute Gasteiger partial charge is 0.496 e. The molecule has 2 atom stereocenters. The van der Waals surface area contributed by atoms with E-state index in [-0.39, 0.29) is 34.3 Å². The molecule has 1 fully saturated rings. The van der Waals surface area contributed by atoms with Gasteiger partial charge in [0.05, 0.1) is 18.6 Å². The zero-order chi connectivity index (χ0) is 24.7. The molecule has 3 rings (SSSR count). The molecule has 0 saturated carbocycles. The van der Waals surface area contributed by atoms with Crippen LogP contribution < -0.4 is 4.74 Å². The van der Waals surface area contributed by atoms with Gasteiger partial charge < -0.3 is 14.4 Å². The van der Waals surface area contributed by atoms with E-state index in [0.29, 0.717) is 26.2 Å². The van der Waals surface area contributed by atoms with Crippen LogP contribution in [0.2, 0.25) is 0 Å². The van der Waals surface area contributed by atoms with Crippen LogP contribution in [0.5, 0.6) is 5.75 Å². The maximum atomic E-state index is 12.9. The Labute approximate surface area is 201 Å². The molecule has 1 saturated heterocycles. The fourth-order valence-corrected chi connectivity index (χ4v) is 4.72. The number of methoxy groups -OCH3 is 2. The zero-order valence-corrected chi connectivity index (χ0v) is 20.5. The minimum atomic E-state index is -0.381. The fraction of sp³-hybridized carbons (Fsp3) is 0.500. The summed E-state index contributed by atoms with van der Waals surface area (Å²) in [7, 11) is 3.34. The summed E-state index contributed by atoms with van der Waals surface area (Å²) in [5.41, 5.74) is 2.26. The lowest BCUT2D eigenvalue weighted by atomic mass is 9.87. The highest BCUT2D eigenvalue weighted by Crippen LogP contribution is 2.38. The molecule has 0 aliphatic carbocycles. The van der Waals surface area contributed by atoms with Crippen LogP contribution in [0.4, 0.5) is 5.69 Å². The maximum Gasteiger partial charge on any atom is 0.269 e. The lowest BCUT2D eigenvalue weighted by Crippen LogP contribution is -2.41. The van der Waals surface area contributed by atoms with E-state index in [2.05, 4.69) is 11.0 Å². The molecule has 8 nitrogen and oxygen atoms in total. The average molecular weight is 470 g/mol. The van der Waals surface area contributed by atoms with Gasteiger partial charge in [-0.15, -0.1) is 0 Å². The second-order valence-electron chi connectivity index (χ2n) is 9.16. The number of non-ortho nitro benzene ring substituents is 1. The van der Waals surface area contributed by atoms with Crippen LogP contribution in [0.1, 0.15) is 30.9 Å². The van der Waals surface area contributed by atoms with E-state index in [4.69, 9.17) is 9.47 Å². The van der Waals surface area contributed by atoms with Crippen molar-refractivity contribution < 1.29 is 19.2 Å². The molecule has 2 aromatic rings. The van der Waals surface area contributed by atoms with Crippen molar-refractivity contribution in [2.75, 3.05) is 47.0 Å². The Balaban J connectivity index is 1.84. The molecule has 34 heavy (non-hydrogen) atoms. The minimum absolute atomic E-state index is 0.0841. The smallest absolute Gasteiger partial charge is 0.269 e. The summed E-state index contributed by atoms with van der Waals surface area (Å²) < 4.78 is 10.9. The third-order valence-corrected chi connectivity index (χ3v) is 6.43. The van der Waals surface area contributed by atoms with Gasteiger partial charge in [0.25, 0.3) is 5.69 Å². The molecule has 0 aromatic heterocycles. The van der Waals surface area contributed by atoms with Gasteiger partial charge in [-0.05, 0) is 23.1 Å². The molecule has 2 aromatic carbocycles. The van der Waals surface area contributed by atoms with Gasteiger partial charge in [0.2, 0.25) is 5.91 Å². The molecule has 0 N–H and O–H groups in total. The predicted octanol–water partition coefficient (Wildman–Crippen LogP) is 3.95. The Morgan fingerprint density at radius 1 is 1.15 bits per heavy atom. The number of hydrogen-bond donors (Lipinski definition) is 0. The number of ether oxygens (including phenoxy) is 2. The summed E-state index contributed by atoms with van der Waals surface area (Å²) in [5, 5.41) is 11.0. The van der Waals surface area contributed by atoms with Gasteiger partial charge in [0.1, 0.15) is 5.75 Å². The number of likely N-dealkylation sites (tertiary alicyclic amines) is 1. The van der Waals surface area contributed by atoms with E-state index in [1.807, 2.05) is 49.1 Å². The second kappa shape index (κ2) is 11.9. The van der Waals surface area contributed by atoms with Crippen LogP contribution in [0.25, 0.3) is 0 Å². The van der Waals surface area contributed by atoms with Crippen molar-refractivity contribution in [3.8, 4) is 5.75 Å². The van der Waals surface area contributed by atoms with Gasteiger partial charge in [-0.2, -0.15) is 0 Å². The van der Waals surface area contributed by atoms with Crippen LogP contribution in [-0.4, -0.2) is 67.6 Å². The normalized spacial score (nSPS) is 18.3. The number of nitro benzene ring substituents is 1. The number of benzene rings is 2. The number of hydrogen-bond acceptors (Lipinski definition) is 6. The Morgan fingerprint density at radius 2 is 1.85 bits per heavy atom. The molecule has 1 aliphatic heterocycles. The summed E-state index contributed by atoms with van der Waals surface area (Å²) in [6, 6.07) is 14.8. The highest BCUT2D eigenvalue weighted by Gasteiger charge is 2.37. The van der Waals surface area contributed by atoms with Gasteiger partial charge in [0, 0.05) is 63.8 Å². The number of carbonyl (C=O) groups excluding carboxylic acids is 1. The van der Waals surface area contributed by atoms with Crippen LogP contribution in [0.3, 0.4) is 0 Å². The number of nitro groups is 1. The maximum absolute atomic E-state index is 12.9. The zero-order valence-electron chi connectivity index (χ0n) is 20.5. The van der Waals surface area contributed by atoms with E-state index in [0.717, 1.165) is 30.0 Å². The SMILES string of the molecule is COCCN(CC1CN(Cc2ccc([N+](=O)[O-])cc2)CC1c1ccccc1OC)C(=O)C(C)C.